The van der Waals surface area contributed by atoms with Gasteiger partial charge in [0.05, 0.1) is 25.4 Å². The molecule has 10 nitrogen and oxygen atoms in total. The Balaban J connectivity index is 1.28. The second-order valence-corrected chi connectivity index (χ2v) is 9.56. The molecule has 40 heavy (non-hydrogen) atoms. The van der Waals surface area contributed by atoms with Crippen molar-refractivity contribution >= 4 is 17.6 Å². The van der Waals surface area contributed by atoms with Gasteiger partial charge in [0, 0.05) is 44.0 Å². The summed E-state index contributed by atoms with van der Waals surface area (Å²) in [6, 6.07) is 10.3. The maximum atomic E-state index is 12.9. The van der Waals surface area contributed by atoms with Crippen molar-refractivity contribution in [2.45, 2.75) is 31.3 Å². The molecular weight excluding hydrogens is 533 g/mol. The highest BCUT2D eigenvalue weighted by Crippen LogP contribution is 2.24. The molecule has 2 aromatic carbocycles. The van der Waals surface area contributed by atoms with Crippen LogP contribution < -0.4 is 20.1 Å². The fourth-order valence-electron chi connectivity index (χ4n) is 4.48. The average molecular weight is 567 g/mol. The lowest BCUT2D eigenvalue weighted by atomic mass is 10.1. The number of nitrogens with one attached hydrogen (secondary N) is 2. The summed E-state index contributed by atoms with van der Waals surface area (Å²) in [6.07, 6.45) is -4.77. The summed E-state index contributed by atoms with van der Waals surface area (Å²) in [5.41, 5.74) is 0.659. The molecule has 0 aromatic heterocycles. The lowest BCUT2D eigenvalue weighted by molar-refractivity contribution is -0.274. The summed E-state index contributed by atoms with van der Waals surface area (Å²) in [5.74, 6) is -0.162. The fourth-order valence-corrected chi connectivity index (χ4v) is 4.48. The largest absolute Gasteiger partial charge is 0.573 e. The average Bonchev–Trinajstić information content (AvgIpc) is 3.11. The molecule has 2 aliphatic heterocycles. The van der Waals surface area contributed by atoms with Crippen LogP contribution in [0.5, 0.6) is 11.5 Å². The SMILES string of the molecule is O=C(N[C@@H]1CN(C(=O)Nc2ccc(OC(F)(F)F)cc2)CCC[C@H]1O)c1ccc(OCCN2CCOCC2)cc1. The number of anilines is 1. The summed E-state index contributed by atoms with van der Waals surface area (Å²) in [6.45, 7) is 4.89. The summed E-state index contributed by atoms with van der Waals surface area (Å²) in [7, 11) is 0. The van der Waals surface area contributed by atoms with Gasteiger partial charge in [0.25, 0.3) is 5.91 Å². The van der Waals surface area contributed by atoms with Gasteiger partial charge in [0.1, 0.15) is 18.1 Å². The van der Waals surface area contributed by atoms with E-state index >= 15 is 0 Å². The Morgan fingerprint density at radius 2 is 1.68 bits per heavy atom. The summed E-state index contributed by atoms with van der Waals surface area (Å²) in [4.78, 5) is 29.5. The number of amides is 3. The molecule has 3 amide bonds. The van der Waals surface area contributed by atoms with Crippen LogP contribution in [0.2, 0.25) is 0 Å². The third-order valence-corrected chi connectivity index (χ3v) is 6.65. The van der Waals surface area contributed by atoms with Crippen molar-refractivity contribution in [2.24, 2.45) is 0 Å². The van der Waals surface area contributed by atoms with Crippen LogP contribution in [0.1, 0.15) is 23.2 Å². The van der Waals surface area contributed by atoms with Crippen molar-refractivity contribution in [3.05, 3.63) is 54.1 Å². The van der Waals surface area contributed by atoms with Crippen LogP contribution in [0, 0.1) is 0 Å². The van der Waals surface area contributed by atoms with Crippen molar-refractivity contribution in [2.75, 3.05) is 57.9 Å². The van der Waals surface area contributed by atoms with Gasteiger partial charge in [-0.15, -0.1) is 13.2 Å². The number of likely N-dealkylation sites (tertiary alicyclic amines) is 1. The van der Waals surface area contributed by atoms with E-state index in [4.69, 9.17) is 9.47 Å². The number of halogens is 3. The highest BCUT2D eigenvalue weighted by Gasteiger charge is 2.31. The predicted molar refractivity (Wildman–Crippen MR) is 139 cm³/mol. The van der Waals surface area contributed by atoms with Crippen molar-refractivity contribution in [3.63, 3.8) is 0 Å². The normalized spacial score (nSPS) is 20.4. The molecule has 218 valence electrons. The maximum Gasteiger partial charge on any atom is 0.573 e. The van der Waals surface area contributed by atoms with Gasteiger partial charge in [-0.2, -0.15) is 0 Å². The van der Waals surface area contributed by atoms with E-state index in [2.05, 4.69) is 20.3 Å². The Morgan fingerprint density at radius 1 is 1.00 bits per heavy atom. The number of hydrogen-bond acceptors (Lipinski definition) is 7. The summed E-state index contributed by atoms with van der Waals surface area (Å²) in [5, 5.41) is 16.0. The number of rotatable bonds is 8. The topological polar surface area (TPSA) is 113 Å². The minimum atomic E-state index is -4.81. The molecule has 3 N–H and O–H groups in total. The molecule has 2 aliphatic rings. The Hall–Kier alpha value is -3.55. The van der Waals surface area contributed by atoms with E-state index < -0.39 is 36.2 Å². The molecule has 0 spiro atoms. The molecule has 2 saturated heterocycles. The van der Waals surface area contributed by atoms with Gasteiger partial charge >= 0.3 is 12.4 Å². The molecule has 2 atom stereocenters. The second-order valence-electron chi connectivity index (χ2n) is 9.56. The number of carbonyl (C=O) groups is 2. The number of benzene rings is 2. The van der Waals surface area contributed by atoms with Crippen LogP contribution in [-0.4, -0.2) is 97.9 Å². The van der Waals surface area contributed by atoms with Crippen molar-refractivity contribution in [3.8, 4) is 11.5 Å². The number of alkyl halides is 3. The number of aliphatic hydroxyl groups excluding tert-OH is 1. The number of ether oxygens (including phenoxy) is 3. The first-order valence-electron chi connectivity index (χ1n) is 13.1. The van der Waals surface area contributed by atoms with Gasteiger partial charge < -0.3 is 34.9 Å². The van der Waals surface area contributed by atoms with Crippen LogP contribution in [0.3, 0.4) is 0 Å². The van der Waals surface area contributed by atoms with Gasteiger partial charge in [-0.1, -0.05) is 0 Å². The lowest BCUT2D eigenvalue weighted by Crippen LogP contribution is -2.50. The third kappa shape index (κ3) is 9.00. The third-order valence-electron chi connectivity index (χ3n) is 6.65. The Bertz CT molecular complexity index is 1110. The van der Waals surface area contributed by atoms with E-state index in [-0.39, 0.29) is 12.2 Å². The molecule has 2 fully saturated rings. The predicted octanol–water partition coefficient (Wildman–Crippen LogP) is 3.08. The molecular formula is C27H33F3N4O6. The zero-order valence-corrected chi connectivity index (χ0v) is 21.9. The van der Waals surface area contributed by atoms with Gasteiger partial charge in [-0.05, 0) is 61.4 Å². The summed E-state index contributed by atoms with van der Waals surface area (Å²) >= 11 is 0. The first-order chi connectivity index (χ1) is 19.2. The van der Waals surface area contributed by atoms with E-state index in [1.807, 2.05) is 0 Å². The Morgan fingerprint density at radius 3 is 2.35 bits per heavy atom. The molecule has 13 heteroatoms. The zero-order chi connectivity index (χ0) is 28.5. The van der Waals surface area contributed by atoms with Gasteiger partial charge in [-0.25, -0.2) is 4.79 Å². The number of nitrogens with zero attached hydrogens (tertiary/aromatic N) is 2. The number of hydrogen-bond donors (Lipinski definition) is 3. The van der Waals surface area contributed by atoms with E-state index in [1.165, 1.54) is 17.0 Å². The number of morpholine rings is 1. The van der Waals surface area contributed by atoms with Gasteiger partial charge in [0.15, 0.2) is 0 Å². The first-order valence-corrected chi connectivity index (χ1v) is 13.1. The minimum absolute atomic E-state index is 0.0523. The number of aliphatic hydroxyl groups is 1. The van der Waals surface area contributed by atoms with Crippen molar-refractivity contribution < 1.29 is 42.1 Å². The smallest absolute Gasteiger partial charge is 0.492 e. The van der Waals surface area contributed by atoms with Crippen LogP contribution in [0.15, 0.2) is 48.5 Å². The monoisotopic (exact) mass is 566 g/mol. The van der Waals surface area contributed by atoms with E-state index in [0.29, 0.717) is 37.3 Å². The standard InChI is InChI=1S/C27H33F3N4O6/c28-27(29,30)40-22-9-5-20(6-10-22)31-26(37)34-11-1-2-24(35)23(18-34)32-25(36)19-3-7-21(8-4-19)39-17-14-33-12-15-38-16-13-33/h3-10,23-24,35H,1-2,11-18H2,(H,31,37)(H,32,36)/t23-,24-/m1/s1. The number of urea groups is 1. The molecule has 0 bridgehead atoms. The first kappa shape index (κ1) is 29.4. The molecule has 2 heterocycles. The van der Waals surface area contributed by atoms with Crippen LogP contribution in [-0.2, 0) is 4.74 Å². The minimum Gasteiger partial charge on any atom is -0.492 e. The summed E-state index contributed by atoms with van der Waals surface area (Å²) < 4.78 is 52.0. The molecule has 0 unspecified atom stereocenters. The van der Waals surface area contributed by atoms with Crippen LogP contribution >= 0.6 is 0 Å². The van der Waals surface area contributed by atoms with Gasteiger partial charge in [-0.3, -0.25) is 9.69 Å². The van der Waals surface area contributed by atoms with Crippen molar-refractivity contribution in [1.29, 1.82) is 0 Å². The highest BCUT2D eigenvalue weighted by atomic mass is 19.4. The van der Waals surface area contributed by atoms with Gasteiger partial charge in [0.2, 0.25) is 0 Å². The zero-order valence-electron chi connectivity index (χ0n) is 21.9. The molecule has 0 radical (unpaired) electrons. The van der Waals surface area contributed by atoms with Crippen LogP contribution in [0.4, 0.5) is 23.7 Å². The molecule has 2 aromatic rings. The quantitative estimate of drug-likeness (QED) is 0.450. The van der Waals surface area contributed by atoms with E-state index in [0.717, 1.165) is 45.0 Å². The maximum absolute atomic E-state index is 12.9. The number of carbonyl (C=O) groups excluding carboxylic acids is 2. The van der Waals surface area contributed by atoms with Crippen molar-refractivity contribution in [1.82, 2.24) is 15.1 Å². The Kier molecular flexibility index (Phi) is 10.1. The van der Waals surface area contributed by atoms with Crippen LogP contribution in [0.25, 0.3) is 0 Å². The van der Waals surface area contributed by atoms with E-state index in [9.17, 15) is 27.9 Å². The molecule has 0 saturated carbocycles. The Labute approximate surface area is 230 Å². The second kappa shape index (κ2) is 13.7. The highest BCUT2D eigenvalue weighted by molar-refractivity contribution is 5.94. The molecule has 4 rings (SSSR count). The molecule has 0 aliphatic carbocycles. The lowest BCUT2D eigenvalue weighted by Gasteiger charge is -2.27. The fraction of sp³-hybridized carbons (Fsp3) is 0.481. The van der Waals surface area contributed by atoms with E-state index in [1.54, 1.807) is 24.3 Å².